The molecular weight excluding hydrogens is 200 g/mol. The van der Waals surface area contributed by atoms with Gasteiger partial charge in [0.25, 0.3) is 0 Å². The molecule has 0 aliphatic carbocycles. The highest BCUT2D eigenvalue weighted by atomic mass is 16.2. The van der Waals surface area contributed by atoms with Gasteiger partial charge in [-0.3, -0.25) is 4.79 Å². The van der Waals surface area contributed by atoms with Gasteiger partial charge in [-0.1, -0.05) is 30.3 Å². The fraction of sp³-hybridized carbons (Fsp3) is 0.462. The highest BCUT2D eigenvalue weighted by molar-refractivity contribution is 5.85. The molecule has 16 heavy (non-hydrogen) atoms. The topological polar surface area (TPSA) is 41.1 Å². The number of hydrogen-bond acceptors (Lipinski definition) is 2. The second-order valence-electron chi connectivity index (χ2n) is 4.48. The van der Waals surface area contributed by atoms with E-state index in [-0.39, 0.29) is 11.9 Å². The van der Waals surface area contributed by atoms with E-state index in [1.807, 2.05) is 51.1 Å². The van der Waals surface area contributed by atoms with Crippen molar-refractivity contribution in [2.24, 2.45) is 0 Å². The van der Waals surface area contributed by atoms with Crippen molar-refractivity contribution in [3.05, 3.63) is 35.9 Å². The second-order valence-corrected chi connectivity index (χ2v) is 4.48. The van der Waals surface area contributed by atoms with E-state index in [1.54, 1.807) is 7.05 Å². The Morgan fingerprint density at radius 2 is 1.81 bits per heavy atom. The minimum absolute atomic E-state index is 0.00588. The van der Waals surface area contributed by atoms with Crippen molar-refractivity contribution in [3.8, 4) is 0 Å². The van der Waals surface area contributed by atoms with Gasteiger partial charge in [-0.2, -0.15) is 0 Å². The molecule has 0 unspecified atom stereocenters. The number of likely N-dealkylation sites (N-methyl/N-ethyl adjacent to an activating group) is 1. The summed E-state index contributed by atoms with van der Waals surface area (Å²) in [5.41, 5.74) is 0.575. The third-order valence-corrected chi connectivity index (χ3v) is 2.84. The molecule has 0 spiro atoms. The van der Waals surface area contributed by atoms with Gasteiger partial charge in [-0.15, -0.1) is 0 Å². The summed E-state index contributed by atoms with van der Waals surface area (Å²) in [4.78, 5) is 11.9. The minimum Gasteiger partial charge on any atom is -0.348 e. The fourth-order valence-corrected chi connectivity index (χ4v) is 1.32. The number of hydrogen-bond donors (Lipinski definition) is 2. The van der Waals surface area contributed by atoms with E-state index >= 15 is 0 Å². The van der Waals surface area contributed by atoms with Crippen molar-refractivity contribution in [1.82, 2.24) is 10.6 Å². The van der Waals surface area contributed by atoms with Gasteiger partial charge in [0, 0.05) is 0 Å². The van der Waals surface area contributed by atoms with E-state index in [1.165, 1.54) is 0 Å². The molecular formula is C13H20N2O. The molecule has 0 bridgehead atoms. The minimum atomic E-state index is -0.539. The van der Waals surface area contributed by atoms with Crippen molar-refractivity contribution in [1.29, 1.82) is 0 Å². The lowest BCUT2D eigenvalue weighted by Crippen LogP contribution is -2.51. The summed E-state index contributed by atoms with van der Waals surface area (Å²) in [5.74, 6) is 0.00588. The Balaban J connectivity index is 2.66. The zero-order valence-corrected chi connectivity index (χ0v) is 10.4. The zero-order chi connectivity index (χ0) is 12.2. The number of amides is 1. The number of benzene rings is 1. The Labute approximate surface area is 97.2 Å². The molecule has 1 aromatic rings. The molecule has 0 radical (unpaired) electrons. The van der Waals surface area contributed by atoms with Crippen molar-refractivity contribution < 1.29 is 4.79 Å². The molecule has 1 rings (SSSR count). The summed E-state index contributed by atoms with van der Waals surface area (Å²) in [5, 5.41) is 5.97. The molecule has 1 amide bonds. The molecule has 3 heteroatoms. The van der Waals surface area contributed by atoms with E-state index in [9.17, 15) is 4.79 Å². The maximum absolute atomic E-state index is 11.9. The van der Waals surface area contributed by atoms with E-state index in [2.05, 4.69) is 10.6 Å². The van der Waals surface area contributed by atoms with Gasteiger partial charge in [0.2, 0.25) is 5.91 Å². The number of carbonyl (C=O) groups excluding carboxylic acids is 1. The first-order valence-corrected chi connectivity index (χ1v) is 5.52. The van der Waals surface area contributed by atoms with Crippen LogP contribution in [0.15, 0.2) is 30.3 Å². The van der Waals surface area contributed by atoms with Crippen molar-refractivity contribution in [3.63, 3.8) is 0 Å². The SMILES string of the molecule is CNC(C)(C)C(=O)N[C@@H](C)c1ccccc1. The smallest absolute Gasteiger partial charge is 0.240 e. The summed E-state index contributed by atoms with van der Waals surface area (Å²) in [6.07, 6.45) is 0. The first kappa shape index (κ1) is 12.7. The van der Waals surface area contributed by atoms with Crippen LogP contribution in [0.3, 0.4) is 0 Å². The first-order valence-electron chi connectivity index (χ1n) is 5.52. The third kappa shape index (κ3) is 3.07. The quantitative estimate of drug-likeness (QED) is 0.813. The van der Waals surface area contributed by atoms with Crippen molar-refractivity contribution in [2.75, 3.05) is 7.05 Å². The predicted octanol–water partition coefficient (Wildman–Crippen LogP) is 1.86. The monoisotopic (exact) mass is 220 g/mol. The molecule has 0 aliphatic rings. The van der Waals surface area contributed by atoms with Gasteiger partial charge in [-0.05, 0) is 33.4 Å². The van der Waals surface area contributed by atoms with Crippen molar-refractivity contribution in [2.45, 2.75) is 32.4 Å². The molecule has 0 fully saturated rings. The van der Waals surface area contributed by atoms with Crippen LogP contribution in [-0.2, 0) is 4.79 Å². The lowest BCUT2D eigenvalue weighted by Gasteiger charge is -2.25. The number of nitrogens with one attached hydrogen (secondary N) is 2. The normalized spacial score (nSPS) is 13.2. The predicted molar refractivity (Wildman–Crippen MR) is 66.1 cm³/mol. The van der Waals surface area contributed by atoms with E-state index in [0.29, 0.717) is 0 Å². The first-order chi connectivity index (χ1) is 7.47. The highest BCUT2D eigenvalue weighted by Gasteiger charge is 2.26. The molecule has 0 saturated heterocycles. The second kappa shape index (κ2) is 5.12. The average Bonchev–Trinajstić information content (AvgIpc) is 2.30. The van der Waals surface area contributed by atoms with E-state index < -0.39 is 5.54 Å². The van der Waals surface area contributed by atoms with Gasteiger partial charge in [0.1, 0.15) is 0 Å². The van der Waals surface area contributed by atoms with Crippen LogP contribution in [0.25, 0.3) is 0 Å². The van der Waals surface area contributed by atoms with Crippen LogP contribution >= 0.6 is 0 Å². The number of carbonyl (C=O) groups is 1. The Bertz CT molecular complexity index is 346. The molecule has 0 saturated carbocycles. The molecule has 1 atom stereocenters. The highest BCUT2D eigenvalue weighted by Crippen LogP contribution is 2.12. The summed E-state index contributed by atoms with van der Waals surface area (Å²) in [7, 11) is 1.78. The average molecular weight is 220 g/mol. The molecule has 0 aromatic heterocycles. The van der Waals surface area contributed by atoms with Gasteiger partial charge in [0.05, 0.1) is 11.6 Å². The summed E-state index contributed by atoms with van der Waals surface area (Å²) in [6.45, 7) is 5.71. The Morgan fingerprint density at radius 3 is 2.31 bits per heavy atom. The van der Waals surface area contributed by atoms with Crippen LogP contribution in [0.4, 0.5) is 0 Å². The van der Waals surface area contributed by atoms with Crippen molar-refractivity contribution >= 4 is 5.91 Å². The number of rotatable bonds is 4. The lowest BCUT2D eigenvalue weighted by molar-refractivity contribution is -0.126. The Kier molecular flexibility index (Phi) is 4.07. The summed E-state index contributed by atoms with van der Waals surface area (Å²) in [6, 6.07) is 9.97. The van der Waals surface area contributed by atoms with Crippen LogP contribution in [0.2, 0.25) is 0 Å². The standard InChI is InChI=1S/C13H20N2O/c1-10(11-8-6-5-7-9-11)15-12(16)13(2,3)14-4/h5-10,14H,1-4H3,(H,15,16)/t10-/m0/s1. The molecule has 0 heterocycles. The van der Waals surface area contributed by atoms with Crippen LogP contribution in [0.5, 0.6) is 0 Å². The maximum atomic E-state index is 11.9. The molecule has 0 aliphatic heterocycles. The van der Waals surface area contributed by atoms with E-state index in [4.69, 9.17) is 0 Å². The van der Waals surface area contributed by atoms with Crippen LogP contribution < -0.4 is 10.6 Å². The molecule has 3 nitrogen and oxygen atoms in total. The van der Waals surface area contributed by atoms with Gasteiger partial charge in [0.15, 0.2) is 0 Å². The van der Waals surface area contributed by atoms with E-state index in [0.717, 1.165) is 5.56 Å². The lowest BCUT2D eigenvalue weighted by atomic mass is 10.0. The fourth-order valence-electron chi connectivity index (χ4n) is 1.32. The molecule has 88 valence electrons. The van der Waals surface area contributed by atoms with Gasteiger partial charge >= 0.3 is 0 Å². The largest absolute Gasteiger partial charge is 0.348 e. The zero-order valence-electron chi connectivity index (χ0n) is 10.4. The molecule has 1 aromatic carbocycles. The van der Waals surface area contributed by atoms with Gasteiger partial charge in [-0.25, -0.2) is 0 Å². The van der Waals surface area contributed by atoms with Crippen LogP contribution in [-0.4, -0.2) is 18.5 Å². The van der Waals surface area contributed by atoms with Crippen LogP contribution in [0, 0.1) is 0 Å². The Hall–Kier alpha value is -1.35. The maximum Gasteiger partial charge on any atom is 0.240 e. The van der Waals surface area contributed by atoms with Gasteiger partial charge < -0.3 is 10.6 Å². The van der Waals surface area contributed by atoms with Crippen LogP contribution in [0.1, 0.15) is 32.4 Å². The summed E-state index contributed by atoms with van der Waals surface area (Å²) >= 11 is 0. The molecule has 2 N–H and O–H groups in total. The Morgan fingerprint density at radius 1 is 1.25 bits per heavy atom. The third-order valence-electron chi connectivity index (χ3n) is 2.84. The summed E-state index contributed by atoms with van der Waals surface area (Å²) < 4.78 is 0.